The van der Waals surface area contributed by atoms with Crippen molar-refractivity contribution in [1.29, 1.82) is 0 Å². The summed E-state index contributed by atoms with van der Waals surface area (Å²) in [5.41, 5.74) is 0.0446. The second kappa shape index (κ2) is 5.14. The van der Waals surface area contributed by atoms with Crippen LogP contribution in [0.1, 0.15) is 11.3 Å². The quantitative estimate of drug-likeness (QED) is 0.852. The van der Waals surface area contributed by atoms with Crippen molar-refractivity contribution in [3.05, 3.63) is 47.7 Å². The summed E-state index contributed by atoms with van der Waals surface area (Å²) in [5.74, 6) is 0. The van der Waals surface area contributed by atoms with Gasteiger partial charge in [-0.15, -0.1) is 0 Å². The first-order chi connectivity index (χ1) is 9.57. The number of pyridine rings is 1. The zero-order valence-electron chi connectivity index (χ0n) is 11.3. The fourth-order valence-electron chi connectivity index (χ4n) is 1.85. The minimum atomic E-state index is -4.45. The summed E-state index contributed by atoms with van der Waals surface area (Å²) in [4.78, 5) is 4.17. The normalized spacial score (nSPS) is 12.4. The summed E-state index contributed by atoms with van der Waals surface area (Å²) in [6.45, 7) is 1.48. The molecule has 1 aromatic heterocycles. The number of alkyl halides is 3. The second-order valence-corrected chi connectivity index (χ2v) is 6.69. The Morgan fingerprint density at radius 2 is 1.62 bits per heavy atom. The van der Waals surface area contributed by atoms with Gasteiger partial charge in [-0.2, -0.15) is 13.2 Å². The number of halogens is 3. The lowest BCUT2D eigenvalue weighted by atomic mass is 10.1. The molecule has 0 saturated heterocycles. The van der Waals surface area contributed by atoms with E-state index in [0.29, 0.717) is 5.56 Å². The number of hydrogen-bond donors (Lipinski definition) is 0. The highest BCUT2D eigenvalue weighted by Crippen LogP contribution is 2.32. The molecule has 1 heterocycles. The first kappa shape index (κ1) is 15.5. The van der Waals surface area contributed by atoms with Crippen molar-refractivity contribution in [2.75, 3.05) is 6.26 Å². The average Bonchev–Trinajstić information content (AvgIpc) is 2.36. The van der Waals surface area contributed by atoms with E-state index in [2.05, 4.69) is 4.98 Å². The number of sulfone groups is 1. The van der Waals surface area contributed by atoms with E-state index in [9.17, 15) is 21.6 Å². The number of nitrogens with zero attached hydrogens (tertiary/aromatic N) is 1. The third kappa shape index (κ3) is 3.60. The zero-order chi connectivity index (χ0) is 15.8. The molecule has 0 fully saturated rings. The third-order valence-electron chi connectivity index (χ3n) is 2.86. The van der Waals surface area contributed by atoms with Crippen molar-refractivity contribution in [3.8, 4) is 11.3 Å². The molecule has 3 nitrogen and oxygen atoms in total. The van der Waals surface area contributed by atoms with Crippen molar-refractivity contribution in [1.82, 2.24) is 4.98 Å². The molecule has 2 rings (SSSR count). The fourth-order valence-corrected chi connectivity index (χ4v) is 2.48. The van der Waals surface area contributed by atoms with Gasteiger partial charge in [0.1, 0.15) is 0 Å². The number of aryl methyl sites for hydroxylation is 1. The Morgan fingerprint density at radius 1 is 1.05 bits per heavy atom. The number of aromatic nitrogens is 1. The monoisotopic (exact) mass is 315 g/mol. The molecular weight excluding hydrogens is 303 g/mol. The molecule has 1 aromatic carbocycles. The first-order valence-electron chi connectivity index (χ1n) is 5.94. The molecule has 0 saturated carbocycles. The van der Waals surface area contributed by atoms with E-state index >= 15 is 0 Å². The van der Waals surface area contributed by atoms with Crippen molar-refractivity contribution in [3.63, 3.8) is 0 Å². The highest BCUT2D eigenvalue weighted by atomic mass is 32.2. The Kier molecular flexibility index (Phi) is 3.79. The lowest BCUT2D eigenvalue weighted by Gasteiger charge is -2.10. The van der Waals surface area contributed by atoms with Crippen LogP contribution in [-0.2, 0) is 16.0 Å². The summed E-state index contributed by atoms with van der Waals surface area (Å²) in [5, 5.41) is 0. The summed E-state index contributed by atoms with van der Waals surface area (Å²) >= 11 is 0. The van der Waals surface area contributed by atoms with Crippen LogP contribution >= 0.6 is 0 Å². The molecule has 0 spiro atoms. The molecule has 0 radical (unpaired) electrons. The largest absolute Gasteiger partial charge is 0.416 e. The predicted octanol–water partition coefficient (Wildman–Crippen LogP) is 3.48. The van der Waals surface area contributed by atoms with Gasteiger partial charge >= 0.3 is 6.18 Å². The van der Waals surface area contributed by atoms with Gasteiger partial charge in [0.25, 0.3) is 0 Å². The number of hydrogen-bond acceptors (Lipinski definition) is 3. The highest BCUT2D eigenvalue weighted by Gasteiger charge is 2.31. The zero-order valence-corrected chi connectivity index (χ0v) is 12.1. The lowest BCUT2D eigenvalue weighted by molar-refractivity contribution is -0.137. The molecule has 0 aliphatic carbocycles. The number of rotatable bonds is 2. The van der Waals surface area contributed by atoms with E-state index in [1.165, 1.54) is 31.2 Å². The van der Waals surface area contributed by atoms with E-state index in [4.69, 9.17) is 0 Å². The van der Waals surface area contributed by atoms with Gasteiger partial charge in [-0.1, -0.05) is 12.1 Å². The van der Waals surface area contributed by atoms with Crippen LogP contribution in [0.2, 0.25) is 0 Å². The van der Waals surface area contributed by atoms with Gasteiger partial charge in [-0.3, -0.25) is 4.98 Å². The molecule has 0 N–H and O–H groups in total. The van der Waals surface area contributed by atoms with E-state index in [-0.39, 0.29) is 16.3 Å². The molecule has 21 heavy (non-hydrogen) atoms. The average molecular weight is 315 g/mol. The van der Waals surface area contributed by atoms with Gasteiger partial charge in [0.2, 0.25) is 0 Å². The highest BCUT2D eigenvalue weighted by molar-refractivity contribution is 7.90. The Hall–Kier alpha value is -1.89. The van der Waals surface area contributed by atoms with E-state index in [0.717, 1.165) is 18.4 Å². The smallest absolute Gasteiger partial charge is 0.253 e. The van der Waals surface area contributed by atoms with Gasteiger partial charge < -0.3 is 0 Å². The second-order valence-electron chi connectivity index (χ2n) is 4.68. The maximum absolute atomic E-state index is 12.8. The summed E-state index contributed by atoms with van der Waals surface area (Å²) in [6, 6.07) is 7.50. The van der Waals surface area contributed by atoms with Gasteiger partial charge in [0, 0.05) is 17.5 Å². The molecule has 7 heteroatoms. The van der Waals surface area contributed by atoms with E-state index in [1.807, 2.05) is 0 Å². The summed E-state index contributed by atoms with van der Waals surface area (Å²) in [6.07, 6.45) is -3.39. The molecule has 0 aliphatic heterocycles. The maximum Gasteiger partial charge on any atom is 0.416 e. The minimum absolute atomic E-state index is 0.106. The Bertz CT molecular complexity index is 766. The third-order valence-corrected chi connectivity index (χ3v) is 3.99. The van der Waals surface area contributed by atoms with Gasteiger partial charge in [0.15, 0.2) is 9.84 Å². The molecule has 112 valence electrons. The Balaban J connectivity index is 2.50. The van der Waals surface area contributed by atoms with Gasteiger partial charge in [-0.25, -0.2) is 8.42 Å². The van der Waals surface area contributed by atoms with Crippen molar-refractivity contribution in [2.45, 2.75) is 18.0 Å². The van der Waals surface area contributed by atoms with E-state index in [1.54, 1.807) is 0 Å². The van der Waals surface area contributed by atoms with Crippen LogP contribution in [0.25, 0.3) is 11.3 Å². The van der Waals surface area contributed by atoms with E-state index < -0.39 is 21.6 Å². The van der Waals surface area contributed by atoms with Crippen molar-refractivity contribution in [2.24, 2.45) is 0 Å². The fraction of sp³-hybridized carbons (Fsp3) is 0.214. The summed E-state index contributed by atoms with van der Waals surface area (Å²) in [7, 11) is -3.34. The van der Waals surface area contributed by atoms with Crippen LogP contribution in [0.3, 0.4) is 0 Å². The molecule has 0 amide bonds. The molecule has 0 bridgehead atoms. The standard InChI is InChI=1S/C14H12F3NO2S/c1-9-7-11(14(15,16)17)8-13(18-9)10-3-5-12(6-4-10)21(2,19)20/h3-8H,1-2H3. The van der Waals surface area contributed by atoms with Crippen LogP contribution in [0.15, 0.2) is 41.3 Å². The van der Waals surface area contributed by atoms with Crippen molar-refractivity contribution >= 4 is 9.84 Å². The molecule has 0 atom stereocenters. The van der Waals surface area contributed by atoms with Crippen LogP contribution in [0.4, 0.5) is 13.2 Å². The van der Waals surface area contributed by atoms with Gasteiger partial charge in [-0.05, 0) is 31.2 Å². The van der Waals surface area contributed by atoms with Crippen molar-refractivity contribution < 1.29 is 21.6 Å². The molecular formula is C14H12F3NO2S. The van der Waals surface area contributed by atoms with Crippen LogP contribution in [-0.4, -0.2) is 19.7 Å². The molecule has 0 aliphatic rings. The van der Waals surface area contributed by atoms with Gasteiger partial charge in [0.05, 0.1) is 16.2 Å². The minimum Gasteiger partial charge on any atom is -0.253 e. The number of benzene rings is 1. The first-order valence-corrected chi connectivity index (χ1v) is 7.83. The molecule has 0 unspecified atom stereocenters. The lowest BCUT2D eigenvalue weighted by Crippen LogP contribution is -2.06. The topological polar surface area (TPSA) is 47.0 Å². The maximum atomic E-state index is 12.8. The van der Waals surface area contributed by atoms with Crippen LogP contribution < -0.4 is 0 Å². The predicted molar refractivity (Wildman–Crippen MR) is 72.5 cm³/mol. The van der Waals surface area contributed by atoms with Crippen LogP contribution in [0, 0.1) is 6.92 Å². The molecule has 2 aromatic rings. The van der Waals surface area contributed by atoms with Crippen LogP contribution in [0.5, 0.6) is 0 Å². The summed E-state index contributed by atoms with van der Waals surface area (Å²) < 4.78 is 61.0. The Morgan fingerprint density at radius 3 is 2.10 bits per heavy atom. The SMILES string of the molecule is Cc1cc(C(F)(F)F)cc(-c2ccc(S(C)(=O)=O)cc2)n1. The Labute approximate surface area is 120 Å².